The van der Waals surface area contributed by atoms with Gasteiger partial charge in [0.05, 0.1) is 0 Å². The average Bonchev–Trinajstić information content (AvgIpc) is 2.45. The monoisotopic (exact) mass is 328 g/mol. The van der Waals surface area contributed by atoms with Crippen molar-refractivity contribution in [1.29, 1.82) is 0 Å². The van der Waals surface area contributed by atoms with E-state index in [0.29, 0.717) is 10.7 Å². The summed E-state index contributed by atoms with van der Waals surface area (Å²) < 4.78 is 0. The molecule has 4 bridgehead atoms. The van der Waals surface area contributed by atoms with Crippen LogP contribution in [0.1, 0.15) is 54.4 Å². The predicted molar refractivity (Wildman–Crippen MR) is 95.3 cm³/mol. The first-order valence-corrected chi connectivity index (χ1v) is 9.13. The molecule has 4 heteroatoms. The van der Waals surface area contributed by atoms with Crippen LogP contribution >= 0.6 is 12.2 Å². The largest absolute Gasteiger partial charge is 0.357 e. The molecule has 23 heavy (non-hydrogen) atoms. The zero-order chi connectivity index (χ0) is 16.0. The van der Waals surface area contributed by atoms with Gasteiger partial charge in [-0.2, -0.15) is 0 Å². The lowest BCUT2D eigenvalue weighted by Crippen LogP contribution is -2.61. The third kappa shape index (κ3) is 2.89. The van der Waals surface area contributed by atoms with Gasteiger partial charge in [-0.1, -0.05) is 18.2 Å². The first-order valence-electron chi connectivity index (χ1n) is 8.72. The fourth-order valence-corrected chi connectivity index (χ4v) is 5.84. The third-order valence-electron chi connectivity index (χ3n) is 6.03. The van der Waals surface area contributed by atoms with Crippen LogP contribution in [0.5, 0.6) is 0 Å². The topological polar surface area (TPSA) is 41.1 Å². The Morgan fingerprint density at radius 2 is 1.65 bits per heavy atom. The molecule has 0 radical (unpaired) electrons. The van der Waals surface area contributed by atoms with E-state index in [2.05, 4.69) is 10.6 Å². The van der Waals surface area contributed by atoms with Gasteiger partial charge in [-0.15, -0.1) is 0 Å². The molecule has 4 aliphatic rings. The predicted octanol–water partition coefficient (Wildman–Crippen LogP) is 3.57. The molecule has 3 nitrogen and oxygen atoms in total. The Kier molecular flexibility index (Phi) is 3.67. The minimum atomic E-state index is -0.106. The van der Waals surface area contributed by atoms with Crippen molar-refractivity contribution in [3.8, 4) is 0 Å². The summed E-state index contributed by atoms with van der Waals surface area (Å²) in [6, 6.07) is 7.62. The molecule has 0 heterocycles. The van der Waals surface area contributed by atoms with Crippen LogP contribution in [-0.4, -0.2) is 16.6 Å². The van der Waals surface area contributed by atoms with E-state index in [1.54, 1.807) is 0 Å². The zero-order valence-electron chi connectivity index (χ0n) is 13.6. The van der Waals surface area contributed by atoms with E-state index in [-0.39, 0.29) is 11.4 Å². The fraction of sp³-hybridized carbons (Fsp3) is 0.579. The molecule has 0 atom stereocenters. The molecule has 0 unspecified atom stereocenters. The van der Waals surface area contributed by atoms with Crippen LogP contribution in [0.3, 0.4) is 0 Å². The van der Waals surface area contributed by atoms with Crippen molar-refractivity contribution in [2.24, 2.45) is 17.8 Å². The average molecular weight is 328 g/mol. The molecule has 1 aromatic rings. The van der Waals surface area contributed by atoms with Crippen molar-refractivity contribution in [3.05, 3.63) is 35.4 Å². The molecule has 4 saturated carbocycles. The van der Waals surface area contributed by atoms with Crippen molar-refractivity contribution in [3.63, 3.8) is 0 Å². The molecule has 4 aliphatic carbocycles. The maximum atomic E-state index is 12.4. The smallest absolute Gasteiger partial charge is 0.257 e. The number of carbonyl (C=O) groups excluding carboxylic acids is 1. The van der Waals surface area contributed by atoms with Gasteiger partial charge in [0.2, 0.25) is 0 Å². The Morgan fingerprint density at radius 3 is 2.22 bits per heavy atom. The highest BCUT2D eigenvalue weighted by Gasteiger charge is 2.51. The number of benzene rings is 1. The first-order chi connectivity index (χ1) is 11.0. The number of aryl methyl sites for hydroxylation is 1. The molecular formula is C19H24N2OS. The Bertz CT molecular complexity index is 619. The Hall–Kier alpha value is -1.42. The lowest BCUT2D eigenvalue weighted by atomic mass is 9.53. The maximum absolute atomic E-state index is 12.4. The molecule has 0 aromatic heterocycles. The molecule has 0 spiro atoms. The van der Waals surface area contributed by atoms with E-state index in [9.17, 15) is 4.79 Å². The van der Waals surface area contributed by atoms with Crippen molar-refractivity contribution >= 4 is 23.2 Å². The van der Waals surface area contributed by atoms with Gasteiger partial charge in [-0.3, -0.25) is 10.1 Å². The lowest BCUT2D eigenvalue weighted by molar-refractivity contribution is -0.0101. The van der Waals surface area contributed by atoms with Gasteiger partial charge in [0, 0.05) is 11.1 Å². The van der Waals surface area contributed by atoms with Crippen LogP contribution in [0.15, 0.2) is 24.3 Å². The van der Waals surface area contributed by atoms with E-state index in [4.69, 9.17) is 12.2 Å². The second-order valence-corrected chi connectivity index (χ2v) is 8.33. The molecule has 0 saturated heterocycles. The van der Waals surface area contributed by atoms with Crippen molar-refractivity contribution in [1.82, 2.24) is 10.6 Å². The molecule has 4 fully saturated rings. The van der Waals surface area contributed by atoms with Crippen LogP contribution in [-0.2, 0) is 0 Å². The van der Waals surface area contributed by atoms with Gasteiger partial charge in [0.1, 0.15) is 0 Å². The molecule has 122 valence electrons. The molecule has 1 amide bonds. The zero-order valence-corrected chi connectivity index (χ0v) is 14.4. The number of nitrogens with one attached hydrogen (secondary N) is 2. The highest BCUT2D eigenvalue weighted by Crippen LogP contribution is 2.55. The number of amides is 1. The number of rotatable bonds is 2. The number of thiocarbonyl (C=S) groups is 1. The Balaban J connectivity index is 1.43. The molecule has 2 N–H and O–H groups in total. The summed E-state index contributed by atoms with van der Waals surface area (Å²) in [5, 5.41) is 6.94. The van der Waals surface area contributed by atoms with E-state index in [0.717, 1.165) is 23.3 Å². The standard InChI is InChI=1S/C19H24N2OS/c1-12-4-2-3-5-16(12)17(22)20-18(23)21-19-9-13-6-14(10-19)8-15(7-13)11-19/h2-5,13-15H,6-11H2,1H3,(H2,20,21,22,23). The van der Waals surface area contributed by atoms with Gasteiger partial charge in [0.15, 0.2) is 5.11 Å². The van der Waals surface area contributed by atoms with Crippen molar-refractivity contribution < 1.29 is 4.79 Å². The summed E-state index contributed by atoms with van der Waals surface area (Å²) in [7, 11) is 0. The SMILES string of the molecule is Cc1ccccc1C(=O)NC(=S)NC12CC3CC(CC(C3)C1)C2. The van der Waals surface area contributed by atoms with E-state index in [1.807, 2.05) is 31.2 Å². The van der Waals surface area contributed by atoms with Crippen LogP contribution in [0.2, 0.25) is 0 Å². The number of hydrogen-bond acceptors (Lipinski definition) is 2. The summed E-state index contributed by atoms with van der Waals surface area (Å²) >= 11 is 5.47. The highest BCUT2D eigenvalue weighted by atomic mass is 32.1. The van der Waals surface area contributed by atoms with Gasteiger partial charge in [-0.05, 0) is 87.1 Å². The van der Waals surface area contributed by atoms with Gasteiger partial charge in [0.25, 0.3) is 5.91 Å². The summed E-state index contributed by atoms with van der Waals surface area (Å²) in [5.74, 6) is 2.49. The van der Waals surface area contributed by atoms with Crippen molar-refractivity contribution in [2.75, 3.05) is 0 Å². The fourth-order valence-electron chi connectivity index (χ4n) is 5.53. The quantitative estimate of drug-likeness (QED) is 0.816. The first kappa shape index (κ1) is 15.1. The Labute approximate surface area is 143 Å². The minimum Gasteiger partial charge on any atom is -0.357 e. The molecule has 0 aliphatic heterocycles. The van der Waals surface area contributed by atoms with E-state index < -0.39 is 0 Å². The summed E-state index contributed by atoms with van der Waals surface area (Å²) in [6.07, 6.45) is 7.88. The second-order valence-electron chi connectivity index (χ2n) is 7.92. The van der Waals surface area contributed by atoms with Gasteiger partial charge >= 0.3 is 0 Å². The van der Waals surface area contributed by atoms with Crippen LogP contribution < -0.4 is 10.6 Å². The molecule has 5 rings (SSSR count). The van der Waals surface area contributed by atoms with Crippen LogP contribution in [0.25, 0.3) is 0 Å². The van der Waals surface area contributed by atoms with Gasteiger partial charge < -0.3 is 5.32 Å². The maximum Gasteiger partial charge on any atom is 0.257 e. The normalized spacial score (nSPS) is 34.2. The number of hydrogen-bond donors (Lipinski definition) is 2. The summed E-state index contributed by atoms with van der Waals surface area (Å²) in [4.78, 5) is 12.4. The molecule has 1 aromatic carbocycles. The summed E-state index contributed by atoms with van der Waals surface area (Å²) in [6.45, 7) is 1.95. The van der Waals surface area contributed by atoms with Crippen molar-refractivity contribution in [2.45, 2.75) is 51.0 Å². The van der Waals surface area contributed by atoms with E-state index >= 15 is 0 Å². The van der Waals surface area contributed by atoms with Gasteiger partial charge in [-0.25, -0.2) is 0 Å². The highest BCUT2D eigenvalue weighted by molar-refractivity contribution is 7.80. The third-order valence-corrected chi connectivity index (χ3v) is 6.24. The Morgan fingerprint density at radius 1 is 1.09 bits per heavy atom. The lowest BCUT2D eigenvalue weighted by Gasteiger charge is -2.57. The van der Waals surface area contributed by atoms with Crippen LogP contribution in [0, 0.1) is 24.7 Å². The van der Waals surface area contributed by atoms with Crippen LogP contribution in [0.4, 0.5) is 0 Å². The molecular weight excluding hydrogens is 304 g/mol. The van der Waals surface area contributed by atoms with E-state index in [1.165, 1.54) is 38.5 Å². The summed E-state index contributed by atoms with van der Waals surface area (Å²) in [5.41, 5.74) is 1.81. The second kappa shape index (κ2) is 5.59. The number of carbonyl (C=O) groups is 1. The minimum absolute atomic E-state index is 0.106.